The number of benzene rings is 1. The summed E-state index contributed by atoms with van der Waals surface area (Å²) in [6.45, 7) is 1.70. The predicted molar refractivity (Wildman–Crippen MR) is 99.0 cm³/mol. The first-order valence-electron chi connectivity index (χ1n) is 9.14. The Hall–Kier alpha value is -2.60. The van der Waals surface area contributed by atoms with Gasteiger partial charge in [0.15, 0.2) is 5.76 Å². The lowest BCUT2D eigenvalue weighted by molar-refractivity contribution is -0.128. The molecule has 2 atom stereocenters. The maximum Gasteiger partial charge on any atom is 0.291 e. The van der Waals surface area contributed by atoms with Crippen molar-refractivity contribution in [1.29, 1.82) is 0 Å². The van der Waals surface area contributed by atoms with Gasteiger partial charge in [-0.15, -0.1) is 0 Å². The van der Waals surface area contributed by atoms with E-state index in [2.05, 4.69) is 16.0 Å². The molecular formula is C20H23N3O3. The standard InChI is InChI=1S/C20H23N3O3/c24-18(17-5-3-11-26-17)22-15-6-8-16(9-7-15)23-19(25)20-10-2-1-4-14(20)12-21-13-20/h3,5-9,11,14,21H,1-2,4,10,12-13H2,(H,22,24)(H,23,25)/t14-,20+/m0/s1. The van der Waals surface area contributed by atoms with Gasteiger partial charge in [0.05, 0.1) is 11.7 Å². The van der Waals surface area contributed by atoms with Gasteiger partial charge in [0, 0.05) is 17.9 Å². The van der Waals surface area contributed by atoms with Crippen LogP contribution in [0, 0.1) is 11.3 Å². The van der Waals surface area contributed by atoms with Gasteiger partial charge in [0.2, 0.25) is 5.91 Å². The maximum absolute atomic E-state index is 13.0. The lowest BCUT2D eigenvalue weighted by atomic mass is 9.67. The highest BCUT2D eigenvalue weighted by molar-refractivity contribution is 6.02. The first-order chi connectivity index (χ1) is 12.7. The number of carbonyl (C=O) groups excluding carboxylic acids is 2. The van der Waals surface area contributed by atoms with Crippen LogP contribution < -0.4 is 16.0 Å². The Balaban J connectivity index is 1.41. The molecule has 136 valence electrons. The van der Waals surface area contributed by atoms with Crippen molar-refractivity contribution in [3.8, 4) is 0 Å². The quantitative estimate of drug-likeness (QED) is 0.788. The second-order valence-corrected chi connectivity index (χ2v) is 7.19. The zero-order chi connectivity index (χ0) is 18.0. The Kier molecular flexibility index (Phi) is 4.51. The average Bonchev–Trinajstić information content (AvgIpc) is 3.33. The smallest absolute Gasteiger partial charge is 0.291 e. The molecule has 1 aliphatic heterocycles. The molecule has 1 saturated carbocycles. The fraction of sp³-hybridized carbons (Fsp3) is 0.400. The normalized spacial score (nSPS) is 24.7. The highest BCUT2D eigenvalue weighted by Gasteiger charge is 2.49. The molecular weight excluding hydrogens is 330 g/mol. The molecule has 1 saturated heterocycles. The molecule has 6 heteroatoms. The molecule has 0 unspecified atom stereocenters. The van der Waals surface area contributed by atoms with Crippen LogP contribution in [-0.4, -0.2) is 24.9 Å². The van der Waals surface area contributed by atoms with Crippen LogP contribution in [0.1, 0.15) is 36.2 Å². The molecule has 0 radical (unpaired) electrons. The third-order valence-electron chi connectivity index (χ3n) is 5.64. The van der Waals surface area contributed by atoms with Gasteiger partial charge in [0.1, 0.15) is 0 Å². The summed E-state index contributed by atoms with van der Waals surface area (Å²) >= 11 is 0. The Labute approximate surface area is 152 Å². The molecule has 1 aromatic heterocycles. The molecule has 0 spiro atoms. The summed E-state index contributed by atoms with van der Waals surface area (Å²) in [7, 11) is 0. The number of nitrogens with one attached hydrogen (secondary N) is 3. The van der Waals surface area contributed by atoms with Crippen molar-refractivity contribution >= 4 is 23.2 Å². The molecule has 2 aromatic rings. The molecule has 2 heterocycles. The summed E-state index contributed by atoms with van der Waals surface area (Å²) in [5.41, 5.74) is 1.13. The van der Waals surface area contributed by atoms with Crippen molar-refractivity contribution in [1.82, 2.24) is 5.32 Å². The molecule has 3 N–H and O–H groups in total. The fourth-order valence-electron chi connectivity index (χ4n) is 4.18. The second kappa shape index (κ2) is 6.96. The molecule has 2 aliphatic rings. The molecule has 26 heavy (non-hydrogen) atoms. The van der Waals surface area contributed by atoms with Gasteiger partial charge in [-0.25, -0.2) is 0 Å². The van der Waals surface area contributed by atoms with Crippen LogP contribution in [0.5, 0.6) is 0 Å². The van der Waals surface area contributed by atoms with Gasteiger partial charge < -0.3 is 20.4 Å². The van der Waals surface area contributed by atoms with E-state index in [4.69, 9.17) is 4.42 Å². The Morgan fingerprint density at radius 2 is 1.85 bits per heavy atom. The summed E-state index contributed by atoms with van der Waals surface area (Å²) in [6.07, 6.45) is 5.87. The summed E-state index contributed by atoms with van der Waals surface area (Å²) < 4.78 is 5.08. The zero-order valence-electron chi connectivity index (χ0n) is 14.6. The summed E-state index contributed by atoms with van der Waals surface area (Å²) in [5, 5.41) is 9.24. The summed E-state index contributed by atoms with van der Waals surface area (Å²) in [6, 6.07) is 10.5. The highest BCUT2D eigenvalue weighted by Crippen LogP contribution is 2.44. The van der Waals surface area contributed by atoms with E-state index in [1.807, 2.05) is 12.1 Å². The minimum atomic E-state index is -0.298. The van der Waals surface area contributed by atoms with E-state index in [0.29, 0.717) is 11.6 Å². The Bertz CT molecular complexity index is 785. The van der Waals surface area contributed by atoms with E-state index in [-0.39, 0.29) is 23.0 Å². The van der Waals surface area contributed by atoms with E-state index < -0.39 is 0 Å². The molecule has 6 nitrogen and oxygen atoms in total. The van der Waals surface area contributed by atoms with Crippen molar-refractivity contribution in [2.24, 2.45) is 11.3 Å². The molecule has 1 aliphatic carbocycles. The largest absolute Gasteiger partial charge is 0.459 e. The van der Waals surface area contributed by atoms with Gasteiger partial charge >= 0.3 is 0 Å². The number of hydrogen-bond acceptors (Lipinski definition) is 4. The zero-order valence-corrected chi connectivity index (χ0v) is 14.6. The molecule has 1 aromatic carbocycles. The monoisotopic (exact) mass is 353 g/mol. The maximum atomic E-state index is 13.0. The number of rotatable bonds is 4. The molecule has 2 fully saturated rings. The van der Waals surface area contributed by atoms with Crippen LogP contribution >= 0.6 is 0 Å². The summed E-state index contributed by atoms with van der Waals surface area (Å²) in [5.74, 6) is 0.508. The highest BCUT2D eigenvalue weighted by atomic mass is 16.3. The van der Waals surface area contributed by atoms with E-state index in [1.165, 1.54) is 12.7 Å². The number of carbonyl (C=O) groups is 2. The molecule has 4 rings (SSSR count). The van der Waals surface area contributed by atoms with Gasteiger partial charge in [-0.1, -0.05) is 12.8 Å². The van der Waals surface area contributed by atoms with Crippen LogP contribution in [0.15, 0.2) is 47.1 Å². The van der Waals surface area contributed by atoms with Gasteiger partial charge in [-0.2, -0.15) is 0 Å². The number of hydrogen-bond donors (Lipinski definition) is 3. The first kappa shape index (κ1) is 16.8. The minimum Gasteiger partial charge on any atom is -0.459 e. The second-order valence-electron chi connectivity index (χ2n) is 7.19. The SMILES string of the molecule is O=C(Nc1ccc(NC(=O)[C@@]23CCCC[C@H]2CNC3)cc1)c1ccco1. The van der Waals surface area contributed by atoms with Crippen molar-refractivity contribution < 1.29 is 14.0 Å². The van der Waals surface area contributed by atoms with Crippen LogP contribution in [0.25, 0.3) is 0 Å². The number of amides is 2. The lowest BCUT2D eigenvalue weighted by Gasteiger charge is -2.37. The fourth-order valence-corrected chi connectivity index (χ4v) is 4.18. The van der Waals surface area contributed by atoms with Crippen molar-refractivity contribution in [3.05, 3.63) is 48.4 Å². The van der Waals surface area contributed by atoms with E-state index in [9.17, 15) is 9.59 Å². The van der Waals surface area contributed by atoms with Crippen LogP contribution in [0.2, 0.25) is 0 Å². The van der Waals surface area contributed by atoms with Gasteiger partial charge in [-0.05, 0) is 61.7 Å². The van der Waals surface area contributed by atoms with Crippen molar-refractivity contribution in [2.75, 3.05) is 23.7 Å². The van der Waals surface area contributed by atoms with Crippen molar-refractivity contribution in [3.63, 3.8) is 0 Å². The molecule has 2 amide bonds. The summed E-state index contributed by atoms with van der Waals surface area (Å²) in [4.78, 5) is 24.9. The number of anilines is 2. The van der Waals surface area contributed by atoms with E-state index in [0.717, 1.165) is 38.0 Å². The number of furan rings is 1. The van der Waals surface area contributed by atoms with E-state index >= 15 is 0 Å². The van der Waals surface area contributed by atoms with Crippen molar-refractivity contribution in [2.45, 2.75) is 25.7 Å². The topological polar surface area (TPSA) is 83.4 Å². The minimum absolute atomic E-state index is 0.111. The van der Waals surface area contributed by atoms with Crippen LogP contribution in [-0.2, 0) is 4.79 Å². The van der Waals surface area contributed by atoms with Crippen LogP contribution in [0.3, 0.4) is 0 Å². The Morgan fingerprint density at radius 3 is 2.58 bits per heavy atom. The van der Waals surface area contributed by atoms with Gasteiger partial charge in [-0.3, -0.25) is 9.59 Å². The first-order valence-corrected chi connectivity index (χ1v) is 9.14. The lowest BCUT2D eigenvalue weighted by Crippen LogP contribution is -2.44. The third-order valence-corrected chi connectivity index (χ3v) is 5.64. The average molecular weight is 353 g/mol. The predicted octanol–water partition coefficient (Wildman–Crippen LogP) is 3.25. The Morgan fingerprint density at radius 1 is 1.08 bits per heavy atom. The van der Waals surface area contributed by atoms with Gasteiger partial charge in [0.25, 0.3) is 5.91 Å². The number of fused-ring (bicyclic) bond motifs is 1. The van der Waals surface area contributed by atoms with Crippen LogP contribution in [0.4, 0.5) is 11.4 Å². The van der Waals surface area contributed by atoms with E-state index in [1.54, 1.807) is 24.3 Å². The molecule has 0 bridgehead atoms. The third kappa shape index (κ3) is 3.12.